The standard InChI is InChI=1S/C17H30Br2O4/c1-3-14(18)16(20)22-12-10-8-6-5-7-9-11-13-23-17(21)15(19)4-2/h14-15H,3-13H2,1-2H3. The highest BCUT2D eigenvalue weighted by molar-refractivity contribution is 9.10. The third-order valence-electron chi connectivity index (χ3n) is 3.51. The van der Waals surface area contributed by atoms with Crippen molar-refractivity contribution in [1.29, 1.82) is 0 Å². The lowest BCUT2D eigenvalue weighted by molar-refractivity contribution is -0.143. The fourth-order valence-corrected chi connectivity index (χ4v) is 2.21. The number of carbonyl (C=O) groups excluding carboxylic acids is 2. The highest BCUT2D eigenvalue weighted by Crippen LogP contribution is 2.11. The SMILES string of the molecule is CCC(Br)C(=O)OCCCCCCCCCOC(=O)C(Br)CC. The molecule has 0 aromatic carbocycles. The Morgan fingerprint density at radius 2 is 1.00 bits per heavy atom. The third kappa shape index (κ3) is 12.9. The molecule has 6 heteroatoms. The molecule has 0 saturated carbocycles. The van der Waals surface area contributed by atoms with Crippen molar-refractivity contribution < 1.29 is 19.1 Å². The maximum atomic E-state index is 11.4. The third-order valence-corrected chi connectivity index (χ3v) is 5.55. The second-order valence-electron chi connectivity index (χ2n) is 5.56. The van der Waals surface area contributed by atoms with Crippen LogP contribution in [0.5, 0.6) is 0 Å². The van der Waals surface area contributed by atoms with Gasteiger partial charge in [-0.3, -0.25) is 9.59 Å². The van der Waals surface area contributed by atoms with Crippen LogP contribution in [0.1, 0.15) is 71.6 Å². The lowest BCUT2D eigenvalue weighted by Crippen LogP contribution is -2.17. The molecule has 0 fully saturated rings. The molecule has 0 rings (SSSR count). The zero-order valence-electron chi connectivity index (χ0n) is 14.3. The molecule has 0 amide bonds. The fourth-order valence-electron chi connectivity index (χ4n) is 1.95. The van der Waals surface area contributed by atoms with Crippen molar-refractivity contribution in [3.05, 3.63) is 0 Å². The van der Waals surface area contributed by atoms with Gasteiger partial charge in [0.25, 0.3) is 0 Å². The van der Waals surface area contributed by atoms with Crippen LogP contribution in [0.4, 0.5) is 0 Å². The first-order valence-corrected chi connectivity index (χ1v) is 10.5. The Morgan fingerprint density at radius 1 is 0.696 bits per heavy atom. The first kappa shape index (κ1) is 22.9. The number of ether oxygens (including phenoxy) is 2. The van der Waals surface area contributed by atoms with Crippen molar-refractivity contribution in [2.24, 2.45) is 0 Å². The second-order valence-corrected chi connectivity index (χ2v) is 7.77. The molecule has 0 aliphatic heterocycles. The van der Waals surface area contributed by atoms with E-state index >= 15 is 0 Å². The Labute approximate surface area is 157 Å². The van der Waals surface area contributed by atoms with Gasteiger partial charge < -0.3 is 9.47 Å². The summed E-state index contributed by atoms with van der Waals surface area (Å²) in [6.45, 7) is 4.93. The summed E-state index contributed by atoms with van der Waals surface area (Å²) in [6, 6.07) is 0. The maximum Gasteiger partial charge on any atom is 0.319 e. The van der Waals surface area contributed by atoms with Gasteiger partial charge >= 0.3 is 11.9 Å². The van der Waals surface area contributed by atoms with E-state index in [1.165, 1.54) is 6.42 Å². The Hall–Kier alpha value is -0.100. The van der Waals surface area contributed by atoms with Crippen LogP contribution in [0, 0.1) is 0 Å². The smallest absolute Gasteiger partial charge is 0.319 e. The van der Waals surface area contributed by atoms with Crippen molar-refractivity contribution in [3.8, 4) is 0 Å². The molecule has 2 atom stereocenters. The molecule has 2 unspecified atom stereocenters. The van der Waals surface area contributed by atoms with Gasteiger partial charge in [-0.1, -0.05) is 77.8 Å². The summed E-state index contributed by atoms with van der Waals surface area (Å²) in [4.78, 5) is 22.5. The number of alkyl halides is 2. The first-order valence-electron chi connectivity index (χ1n) is 8.64. The zero-order valence-corrected chi connectivity index (χ0v) is 17.5. The molecule has 4 nitrogen and oxygen atoms in total. The Balaban J connectivity index is 3.28. The van der Waals surface area contributed by atoms with Gasteiger partial charge in [-0.05, 0) is 25.7 Å². The van der Waals surface area contributed by atoms with Gasteiger partial charge in [-0.15, -0.1) is 0 Å². The maximum absolute atomic E-state index is 11.4. The Bertz CT molecular complexity index is 294. The van der Waals surface area contributed by atoms with Crippen molar-refractivity contribution in [3.63, 3.8) is 0 Å². The van der Waals surface area contributed by atoms with Crippen LogP contribution in [0.2, 0.25) is 0 Å². The Morgan fingerprint density at radius 3 is 1.30 bits per heavy atom. The Kier molecular flexibility index (Phi) is 15.4. The highest BCUT2D eigenvalue weighted by Gasteiger charge is 2.13. The quantitative estimate of drug-likeness (QED) is 0.205. The van der Waals surface area contributed by atoms with Crippen LogP contribution in [0.25, 0.3) is 0 Å². The van der Waals surface area contributed by atoms with E-state index in [1.807, 2.05) is 13.8 Å². The monoisotopic (exact) mass is 456 g/mol. The van der Waals surface area contributed by atoms with Crippen LogP contribution >= 0.6 is 31.9 Å². The molecule has 0 aliphatic carbocycles. The molecule has 0 radical (unpaired) electrons. The van der Waals surface area contributed by atoms with E-state index in [-0.39, 0.29) is 21.6 Å². The molecule has 0 aromatic rings. The highest BCUT2D eigenvalue weighted by atomic mass is 79.9. The predicted octanol–water partition coefficient (Wildman–Crippen LogP) is 5.15. The van der Waals surface area contributed by atoms with E-state index in [1.54, 1.807) is 0 Å². The van der Waals surface area contributed by atoms with Crippen molar-refractivity contribution >= 4 is 43.8 Å². The fraction of sp³-hybridized carbons (Fsp3) is 0.882. The van der Waals surface area contributed by atoms with E-state index < -0.39 is 0 Å². The average molecular weight is 458 g/mol. The molecule has 0 N–H and O–H groups in total. The van der Waals surface area contributed by atoms with Gasteiger partial charge in [0.1, 0.15) is 9.65 Å². The lowest BCUT2D eigenvalue weighted by Gasteiger charge is -2.08. The van der Waals surface area contributed by atoms with Crippen LogP contribution in [0.15, 0.2) is 0 Å². The number of halogens is 2. The molecular formula is C17H30Br2O4. The topological polar surface area (TPSA) is 52.6 Å². The predicted molar refractivity (Wildman–Crippen MR) is 100 cm³/mol. The van der Waals surface area contributed by atoms with Crippen molar-refractivity contribution in [2.45, 2.75) is 81.3 Å². The van der Waals surface area contributed by atoms with E-state index in [0.29, 0.717) is 13.2 Å². The minimum absolute atomic E-state index is 0.157. The van der Waals surface area contributed by atoms with Crippen LogP contribution < -0.4 is 0 Å². The van der Waals surface area contributed by atoms with Crippen LogP contribution in [-0.2, 0) is 19.1 Å². The summed E-state index contributed by atoms with van der Waals surface area (Å²) in [6.07, 6.45) is 9.02. The molecule has 0 spiro atoms. The summed E-state index contributed by atoms with van der Waals surface area (Å²) in [5.74, 6) is -0.313. The summed E-state index contributed by atoms with van der Waals surface area (Å²) < 4.78 is 10.3. The summed E-state index contributed by atoms with van der Waals surface area (Å²) in [7, 11) is 0. The summed E-state index contributed by atoms with van der Waals surface area (Å²) >= 11 is 6.56. The van der Waals surface area contributed by atoms with Crippen molar-refractivity contribution in [2.75, 3.05) is 13.2 Å². The minimum Gasteiger partial charge on any atom is -0.465 e. The number of unbranched alkanes of at least 4 members (excludes halogenated alkanes) is 6. The number of carbonyl (C=O) groups is 2. The van der Waals surface area contributed by atoms with Gasteiger partial charge in [0.05, 0.1) is 13.2 Å². The molecule has 0 bridgehead atoms. The van der Waals surface area contributed by atoms with Gasteiger partial charge in [-0.25, -0.2) is 0 Å². The molecule has 0 saturated heterocycles. The van der Waals surface area contributed by atoms with Gasteiger partial charge in [-0.2, -0.15) is 0 Å². The number of hydrogen-bond acceptors (Lipinski definition) is 4. The van der Waals surface area contributed by atoms with E-state index in [4.69, 9.17) is 9.47 Å². The van der Waals surface area contributed by atoms with Crippen molar-refractivity contribution in [1.82, 2.24) is 0 Å². The summed E-state index contributed by atoms with van der Waals surface area (Å²) in [5.41, 5.74) is 0. The molecule has 136 valence electrons. The minimum atomic E-state index is -0.172. The zero-order chi connectivity index (χ0) is 17.5. The number of esters is 2. The van der Waals surface area contributed by atoms with E-state index in [9.17, 15) is 9.59 Å². The molecular weight excluding hydrogens is 428 g/mol. The van der Waals surface area contributed by atoms with E-state index in [0.717, 1.165) is 51.4 Å². The average Bonchev–Trinajstić information content (AvgIpc) is 2.57. The van der Waals surface area contributed by atoms with Gasteiger partial charge in [0.15, 0.2) is 0 Å². The van der Waals surface area contributed by atoms with Gasteiger partial charge in [0, 0.05) is 0 Å². The molecule has 0 heterocycles. The molecule has 23 heavy (non-hydrogen) atoms. The normalized spacial score (nSPS) is 13.4. The summed E-state index contributed by atoms with van der Waals surface area (Å²) in [5, 5.41) is 0. The van der Waals surface area contributed by atoms with Crippen LogP contribution in [-0.4, -0.2) is 34.8 Å². The largest absolute Gasteiger partial charge is 0.465 e. The van der Waals surface area contributed by atoms with E-state index in [2.05, 4.69) is 31.9 Å². The molecule has 0 aliphatic rings. The first-order chi connectivity index (χ1) is 11.0. The second kappa shape index (κ2) is 15.4. The molecule has 0 aromatic heterocycles. The van der Waals surface area contributed by atoms with Crippen LogP contribution in [0.3, 0.4) is 0 Å². The van der Waals surface area contributed by atoms with Gasteiger partial charge in [0.2, 0.25) is 0 Å². The number of hydrogen-bond donors (Lipinski definition) is 0. The number of rotatable bonds is 14. The lowest BCUT2D eigenvalue weighted by atomic mass is 10.1.